The van der Waals surface area contributed by atoms with Gasteiger partial charge in [0.1, 0.15) is 5.56 Å². The monoisotopic (exact) mass is 386 g/mol. The fourth-order valence-electron chi connectivity index (χ4n) is 1.50. The second-order valence-electron chi connectivity index (χ2n) is 4.41. The normalized spacial score (nSPS) is 10.5. The number of hydrogen-bond donors (Lipinski definition) is 3. The highest BCUT2D eigenvalue weighted by Crippen LogP contribution is 2.25. The first-order chi connectivity index (χ1) is 10.7. The molecule has 1 aromatic rings. The molecule has 12 heteroatoms. The van der Waals surface area contributed by atoms with Gasteiger partial charge in [-0.15, -0.1) is 12.4 Å². The molecule has 0 fully saturated rings. The van der Waals surface area contributed by atoms with Crippen molar-refractivity contribution >= 4 is 41.5 Å². The molecule has 0 radical (unpaired) electrons. The van der Waals surface area contributed by atoms with Crippen LogP contribution in [0.3, 0.4) is 0 Å². The summed E-state index contributed by atoms with van der Waals surface area (Å²) >= 11 is 5.74. The van der Waals surface area contributed by atoms with E-state index < -0.39 is 53.5 Å². The average Bonchev–Trinajstić information content (AvgIpc) is 2.50. The van der Waals surface area contributed by atoms with Crippen LogP contribution in [0.1, 0.15) is 10.4 Å². The van der Waals surface area contributed by atoms with E-state index in [4.69, 9.17) is 17.3 Å². The molecule has 24 heavy (non-hydrogen) atoms. The minimum atomic E-state index is -3.26. The number of nitrogens with one attached hydrogen (secondary N) is 2. The molecule has 0 bridgehead atoms. The van der Waals surface area contributed by atoms with Crippen molar-refractivity contribution in [2.24, 2.45) is 5.73 Å². The van der Waals surface area contributed by atoms with Crippen LogP contribution in [0.15, 0.2) is 18.2 Å². The van der Waals surface area contributed by atoms with Crippen LogP contribution in [-0.4, -0.2) is 42.3 Å². The smallest absolute Gasteiger partial charge is 0.283 e. The maximum Gasteiger partial charge on any atom is 0.283 e. The summed E-state index contributed by atoms with van der Waals surface area (Å²) < 4.78 is 25.7. The topological polar surface area (TPSA) is 127 Å². The number of amides is 2. The Kier molecular flexibility index (Phi) is 8.51. The molecule has 0 spiro atoms. The van der Waals surface area contributed by atoms with Gasteiger partial charge in [0.2, 0.25) is 5.91 Å². The number of halogens is 4. The number of nitrogens with zero attached hydrogens (tertiary/aromatic N) is 1. The second kappa shape index (κ2) is 9.30. The van der Waals surface area contributed by atoms with Crippen LogP contribution in [0, 0.1) is 10.1 Å². The fraction of sp³-hybridized carbons (Fsp3) is 0.333. The third-order valence-electron chi connectivity index (χ3n) is 2.67. The summed E-state index contributed by atoms with van der Waals surface area (Å²) in [6.07, 6.45) is 0. The van der Waals surface area contributed by atoms with Crippen molar-refractivity contribution in [3.8, 4) is 0 Å². The highest BCUT2D eigenvalue weighted by Gasteiger charge is 2.27. The maximum atomic E-state index is 12.9. The summed E-state index contributed by atoms with van der Waals surface area (Å²) in [5, 5.41) is 14.6. The summed E-state index contributed by atoms with van der Waals surface area (Å²) in [5.41, 5.74) is 3.85. The number of carbonyl (C=O) groups is 2. The number of nitro benzene ring substituents is 1. The predicted octanol–water partition coefficient (Wildman–Crippen LogP) is 1.11. The van der Waals surface area contributed by atoms with Crippen molar-refractivity contribution in [2.45, 2.75) is 5.92 Å². The molecule has 0 heterocycles. The first-order valence-corrected chi connectivity index (χ1v) is 6.61. The van der Waals surface area contributed by atoms with E-state index in [1.165, 1.54) is 12.1 Å². The molecule has 0 aromatic heterocycles. The molecule has 0 aliphatic rings. The van der Waals surface area contributed by atoms with Crippen LogP contribution in [0.5, 0.6) is 0 Å². The quantitative estimate of drug-likeness (QED) is 0.477. The molecular formula is C12H14Cl2F2N4O4. The van der Waals surface area contributed by atoms with E-state index in [9.17, 15) is 28.5 Å². The van der Waals surface area contributed by atoms with E-state index in [0.717, 1.165) is 6.07 Å². The Morgan fingerprint density at radius 2 is 1.96 bits per heavy atom. The SMILES string of the molecule is Cl.NCC(F)(F)CNC(=O)CNC(=O)c1c(Cl)cccc1[N+](=O)[O-]. The Balaban J connectivity index is 0.00000529. The van der Waals surface area contributed by atoms with Crippen molar-refractivity contribution in [2.75, 3.05) is 19.6 Å². The lowest BCUT2D eigenvalue weighted by molar-refractivity contribution is -0.385. The van der Waals surface area contributed by atoms with Crippen LogP contribution in [0.25, 0.3) is 0 Å². The van der Waals surface area contributed by atoms with Crippen LogP contribution >= 0.6 is 24.0 Å². The van der Waals surface area contributed by atoms with Gasteiger partial charge in [-0.25, -0.2) is 8.78 Å². The number of nitro groups is 1. The van der Waals surface area contributed by atoms with Crippen molar-refractivity contribution in [3.63, 3.8) is 0 Å². The lowest BCUT2D eigenvalue weighted by Crippen LogP contribution is -2.45. The lowest BCUT2D eigenvalue weighted by atomic mass is 10.1. The van der Waals surface area contributed by atoms with Gasteiger partial charge in [0, 0.05) is 6.07 Å². The molecule has 4 N–H and O–H groups in total. The molecule has 1 rings (SSSR count). The Hall–Kier alpha value is -2.04. The largest absolute Gasteiger partial charge is 0.348 e. The Labute approximate surface area is 146 Å². The standard InChI is InChI=1S/C12H13ClF2N4O4.ClH/c13-7-2-1-3-8(19(22)23)10(7)11(21)17-4-9(20)18-6-12(14,15)5-16;/h1-3H,4-6,16H2,(H,17,21)(H,18,20);1H. The maximum absolute atomic E-state index is 12.9. The number of hydrogen-bond acceptors (Lipinski definition) is 5. The van der Waals surface area contributed by atoms with Gasteiger partial charge in [-0.05, 0) is 6.07 Å². The van der Waals surface area contributed by atoms with E-state index in [2.05, 4.69) is 5.32 Å². The predicted molar refractivity (Wildman–Crippen MR) is 84.7 cm³/mol. The molecule has 0 saturated heterocycles. The fourth-order valence-corrected chi connectivity index (χ4v) is 1.76. The number of carbonyl (C=O) groups excluding carboxylic acids is 2. The van der Waals surface area contributed by atoms with Crippen LogP contribution in [-0.2, 0) is 4.79 Å². The van der Waals surface area contributed by atoms with Gasteiger partial charge in [-0.1, -0.05) is 17.7 Å². The van der Waals surface area contributed by atoms with Crippen LogP contribution < -0.4 is 16.4 Å². The molecule has 0 unspecified atom stereocenters. The Morgan fingerprint density at radius 3 is 2.50 bits per heavy atom. The molecule has 2 amide bonds. The average molecular weight is 387 g/mol. The molecule has 8 nitrogen and oxygen atoms in total. The summed E-state index contributed by atoms with van der Waals surface area (Å²) in [5.74, 6) is -5.13. The first kappa shape index (κ1) is 22.0. The minimum absolute atomic E-state index is 0. The van der Waals surface area contributed by atoms with E-state index in [0.29, 0.717) is 0 Å². The molecule has 1 aromatic carbocycles. The van der Waals surface area contributed by atoms with Crippen LogP contribution in [0.4, 0.5) is 14.5 Å². The summed E-state index contributed by atoms with van der Waals surface area (Å²) in [4.78, 5) is 33.3. The highest BCUT2D eigenvalue weighted by atomic mass is 35.5. The Bertz CT molecular complexity index is 631. The van der Waals surface area contributed by atoms with E-state index >= 15 is 0 Å². The summed E-state index contributed by atoms with van der Waals surface area (Å²) in [6.45, 7) is -2.57. The second-order valence-corrected chi connectivity index (χ2v) is 4.82. The third-order valence-corrected chi connectivity index (χ3v) is 2.98. The molecule has 0 atom stereocenters. The first-order valence-electron chi connectivity index (χ1n) is 6.23. The minimum Gasteiger partial charge on any atom is -0.348 e. The lowest BCUT2D eigenvalue weighted by Gasteiger charge is -2.14. The zero-order chi connectivity index (χ0) is 17.6. The molecule has 0 aliphatic carbocycles. The van der Waals surface area contributed by atoms with E-state index in [1.54, 1.807) is 0 Å². The van der Waals surface area contributed by atoms with Gasteiger partial charge in [0.25, 0.3) is 17.5 Å². The zero-order valence-electron chi connectivity index (χ0n) is 12.1. The van der Waals surface area contributed by atoms with Crippen molar-refractivity contribution < 1.29 is 23.3 Å². The molecule has 0 saturated carbocycles. The molecule has 134 valence electrons. The van der Waals surface area contributed by atoms with Gasteiger partial charge in [-0.3, -0.25) is 19.7 Å². The van der Waals surface area contributed by atoms with Gasteiger partial charge < -0.3 is 16.4 Å². The highest BCUT2D eigenvalue weighted by molar-refractivity contribution is 6.34. The zero-order valence-corrected chi connectivity index (χ0v) is 13.6. The van der Waals surface area contributed by atoms with Gasteiger partial charge >= 0.3 is 0 Å². The molecule has 0 aliphatic heterocycles. The number of rotatable bonds is 7. The number of benzene rings is 1. The number of nitrogens with two attached hydrogens (primary N) is 1. The van der Waals surface area contributed by atoms with Gasteiger partial charge in [0.05, 0.1) is 29.6 Å². The van der Waals surface area contributed by atoms with E-state index in [-0.39, 0.29) is 17.4 Å². The summed E-state index contributed by atoms with van der Waals surface area (Å²) in [6, 6.07) is 3.63. The van der Waals surface area contributed by atoms with Crippen molar-refractivity contribution in [1.82, 2.24) is 10.6 Å². The number of alkyl halides is 2. The van der Waals surface area contributed by atoms with Crippen LogP contribution in [0.2, 0.25) is 5.02 Å². The Morgan fingerprint density at radius 1 is 1.33 bits per heavy atom. The van der Waals surface area contributed by atoms with E-state index in [1.807, 2.05) is 5.32 Å². The van der Waals surface area contributed by atoms with Crippen molar-refractivity contribution in [1.29, 1.82) is 0 Å². The van der Waals surface area contributed by atoms with Gasteiger partial charge in [-0.2, -0.15) is 0 Å². The third kappa shape index (κ3) is 6.22. The van der Waals surface area contributed by atoms with Crippen molar-refractivity contribution in [3.05, 3.63) is 38.9 Å². The van der Waals surface area contributed by atoms with Gasteiger partial charge in [0.15, 0.2) is 0 Å². The molecular weight excluding hydrogens is 373 g/mol. The summed E-state index contributed by atoms with van der Waals surface area (Å²) in [7, 11) is 0.